The summed E-state index contributed by atoms with van der Waals surface area (Å²) in [5.41, 5.74) is 0. The lowest BCUT2D eigenvalue weighted by Gasteiger charge is -2.16. The second-order valence-electron chi connectivity index (χ2n) is 2.33. The van der Waals surface area contributed by atoms with E-state index < -0.39 is 0 Å². The number of nitrogens with zero attached hydrogens (tertiary/aromatic N) is 3. The van der Waals surface area contributed by atoms with Crippen molar-refractivity contribution in [3.8, 4) is 0 Å². The second-order valence-corrected chi connectivity index (χ2v) is 3.43. The fourth-order valence-electron chi connectivity index (χ4n) is 0.491. The summed E-state index contributed by atoms with van der Waals surface area (Å²) in [5, 5.41) is 3.92. The topological polar surface area (TPSA) is 30.7 Å². The Kier molecular flexibility index (Phi) is 1.48. The molecule has 4 heteroatoms. The van der Waals surface area contributed by atoms with E-state index in [1.54, 1.807) is 11.0 Å². The number of hydrogen-bond acceptors (Lipinski definition) is 3. The van der Waals surface area contributed by atoms with Gasteiger partial charge in [-0.25, -0.2) is 9.67 Å². The lowest BCUT2D eigenvalue weighted by Crippen LogP contribution is -2.18. The van der Waals surface area contributed by atoms with E-state index in [9.17, 15) is 0 Å². The van der Waals surface area contributed by atoms with Crippen molar-refractivity contribution >= 4 is 12.6 Å². The van der Waals surface area contributed by atoms with Crippen molar-refractivity contribution in [1.29, 1.82) is 0 Å². The Hall–Kier alpha value is -0.510. The fraction of sp³-hybridized carbons (Fsp3) is 0.600. The van der Waals surface area contributed by atoms with E-state index in [4.69, 9.17) is 0 Å². The van der Waals surface area contributed by atoms with Crippen LogP contribution in [-0.2, 0) is 4.87 Å². The molecule has 1 heterocycles. The largest absolute Gasteiger partial charge is 0.238 e. The highest BCUT2D eigenvalue weighted by Gasteiger charge is 2.12. The van der Waals surface area contributed by atoms with E-state index in [0.29, 0.717) is 0 Å². The van der Waals surface area contributed by atoms with Gasteiger partial charge in [0.15, 0.2) is 0 Å². The van der Waals surface area contributed by atoms with Gasteiger partial charge < -0.3 is 0 Å². The van der Waals surface area contributed by atoms with Gasteiger partial charge in [-0.1, -0.05) is 0 Å². The highest BCUT2D eigenvalue weighted by Crippen LogP contribution is 2.15. The SMILES string of the molecule is CC(C)(S)n1cncn1. The molecule has 0 unspecified atom stereocenters. The number of aromatic nitrogens is 3. The smallest absolute Gasteiger partial charge is 0.137 e. The van der Waals surface area contributed by atoms with Gasteiger partial charge in [0.2, 0.25) is 0 Å². The monoisotopic (exact) mass is 143 g/mol. The first kappa shape index (κ1) is 6.61. The molecule has 0 aliphatic heterocycles. The van der Waals surface area contributed by atoms with Crippen LogP contribution in [0.4, 0.5) is 0 Å². The summed E-state index contributed by atoms with van der Waals surface area (Å²) in [7, 11) is 0. The first-order valence-electron chi connectivity index (χ1n) is 2.68. The first-order valence-corrected chi connectivity index (χ1v) is 3.13. The van der Waals surface area contributed by atoms with Crippen molar-refractivity contribution in [2.24, 2.45) is 0 Å². The van der Waals surface area contributed by atoms with Crippen molar-refractivity contribution in [2.45, 2.75) is 18.7 Å². The molecule has 0 aliphatic carbocycles. The van der Waals surface area contributed by atoms with Crippen LogP contribution in [0, 0.1) is 0 Å². The van der Waals surface area contributed by atoms with Gasteiger partial charge in [-0.15, -0.1) is 12.6 Å². The Morgan fingerprint density at radius 2 is 2.22 bits per heavy atom. The van der Waals surface area contributed by atoms with Gasteiger partial charge in [0, 0.05) is 0 Å². The molecule has 9 heavy (non-hydrogen) atoms. The van der Waals surface area contributed by atoms with Crippen LogP contribution in [0.15, 0.2) is 12.7 Å². The molecule has 1 rings (SSSR count). The van der Waals surface area contributed by atoms with Gasteiger partial charge in [-0.05, 0) is 13.8 Å². The van der Waals surface area contributed by atoms with E-state index in [1.165, 1.54) is 6.33 Å². The Bertz CT molecular complexity index is 175. The van der Waals surface area contributed by atoms with E-state index >= 15 is 0 Å². The molecular weight excluding hydrogens is 134 g/mol. The van der Waals surface area contributed by atoms with Crippen LogP contribution >= 0.6 is 12.6 Å². The van der Waals surface area contributed by atoms with Crippen LogP contribution in [0.2, 0.25) is 0 Å². The minimum absolute atomic E-state index is 0.240. The zero-order valence-electron chi connectivity index (χ0n) is 5.44. The van der Waals surface area contributed by atoms with Crippen molar-refractivity contribution < 1.29 is 0 Å². The van der Waals surface area contributed by atoms with Gasteiger partial charge in [0.1, 0.15) is 17.5 Å². The molecule has 3 nitrogen and oxygen atoms in total. The van der Waals surface area contributed by atoms with Crippen molar-refractivity contribution in [3.05, 3.63) is 12.7 Å². The van der Waals surface area contributed by atoms with Crippen LogP contribution in [0.25, 0.3) is 0 Å². The van der Waals surface area contributed by atoms with Crippen molar-refractivity contribution in [2.75, 3.05) is 0 Å². The maximum Gasteiger partial charge on any atom is 0.137 e. The predicted octanol–water partition coefficient (Wildman–Crippen LogP) is 0.900. The summed E-state index contributed by atoms with van der Waals surface area (Å²) < 4.78 is 1.69. The molecule has 0 N–H and O–H groups in total. The lowest BCUT2D eigenvalue weighted by atomic mass is 10.4. The van der Waals surface area contributed by atoms with Crippen LogP contribution in [0.3, 0.4) is 0 Å². The number of thiol groups is 1. The molecule has 0 saturated heterocycles. The summed E-state index contributed by atoms with van der Waals surface area (Å²) in [6, 6.07) is 0. The average Bonchev–Trinajstić information content (AvgIpc) is 2.08. The van der Waals surface area contributed by atoms with Gasteiger partial charge >= 0.3 is 0 Å². The molecule has 0 radical (unpaired) electrons. The lowest BCUT2D eigenvalue weighted by molar-refractivity contribution is 0.481. The highest BCUT2D eigenvalue weighted by atomic mass is 32.1. The summed E-state index contributed by atoms with van der Waals surface area (Å²) in [5.74, 6) is 0. The molecule has 0 aliphatic rings. The predicted molar refractivity (Wildman–Crippen MR) is 38.3 cm³/mol. The van der Waals surface area contributed by atoms with Gasteiger partial charge in [0.25, 0.3) is 0 Å². The third kappa shape index (κ3) is 1.45. The molecule has 0 amide bonds. The number of rotatable bonds is 1. The zero-order valence-corrected chi connectivity index (χ0v) is 6.34. The standard InChI is InChI=1S/C5H9N3S/c1-5(2,9)8-4-6-3-7-8/h3-4,9H,1-2H3. The quantitative estimate of drug-likeness (QED) is 0.592. The van der Waals surface area contributed by atoms with E-state index in [2.05, 4.69) is 22.7 Å². The molecule has 0 saturated carbocycles. The number of hydrogen-bond donors (Lipinski definition) is 1. The second kappa shape index (κ2) is 2.02. The Balaban J connectivity index is 2.90. The van der Waals surface area contributed by atoms with E-state index in [-0.39, 0.29) is 4.87 Å². The molecule has 0 aromatic carbocycles. The summed E-state index contributed by atoms with van der Waals surface area (Å²) in [6.07, 6.45) is 3.14. The Morgan fingerprint density at radius 1 is 1.56 bits per heavy atom. The van der Waals surface area contributed by atoms with Crippen LogP contribution in [0.1, 0.15) is 13.8 Å². The van der Waals surface area contributed by atoms with E-state index in [0.717, 1.165) is 0 Å². The highest BCUT2D eigenvalue weighted by molar-refractivity contribution is 7.81. The zero-order chi connectivity index (χ0) is 6.91. The van der Waals surface area contributed by atoms with Gasteiger partial charge in [0.05, 0.1) is 0 Å². The summed E-state index contributed by atoms with van der Waals surface area (Å²) in [6.45, 7) is 3.90. The molecule has 0 bridgehead atoms. The molecule has 1 aromatic rings. The normalized spacial score (nSPS) is 11.9. The first-order chi connectivity index (χ1) is 4.11. The third-order valence-corrected chi connectivity index (χ3v) is 1.18. The van der Waals surface area contributed by atoms with Crippen LogP contribution in [0.5, 0.6) is 0 Å². The average molecular weight is 143 g/mol. The molecule has 50 valence electrons. The van der Waals surface area contributed by atoms with Crippen LogP contribution in [-0.4, -0.2) is 14.8 Å². The van der Waals surface area contributed by atoms with Crippen LogP contribution < -0.4 is 0 Å². The summed E-state index contributed by atoms with van der Waals surface area (Å²) >= 11 is 4.27. The maximum atomic E-state index is 4.27. The maximum absolute atomic E-state index is 4.27. The third-order valence-electron chi connectivity index (χ3n) is 0.979. The summed E-state index contributed by atoms with van der Waals surface area (Å²) in [4.78, 5) is 3.55. The Morgan fingerprint density at radius 3 is 2.44 bits per heavy atom. The molecule has 0 fully saturated rings. The molecular formula is C5H9N3S. The van der Waals surface area contributed by atoms with Gasteiger partial charge in [-0.3, -0.25) is 0 Å². The molecule has 0 spiro atoms. The molecule has 0 atom stereocenters. The minimum Gasteiger partial charge on any atom is -0.238 e. The fourth-order valence-corrected chi connectivity index (χ4v) is 0.594. The van der Waals surface area contributed by atoms with Crippen molar-refractivity contribution in [3.63, 3.8) is 0 Å². The van der Waals surface area contributed by atoms with Gasteiger partial charge in [-0.2, -0.15) is 5.10 Å². The van der Waals surface area contributed by atoms with E-state index in [1.807, 2.05) is 13.8 Å². The molecule has 1 aromatic heterocycles. The van der Waals surface area contributed by atoms with Crippen molar-refractivity contribution in [1.82, 2.24) is 14.8 Å². The Labute approximate surface area is 59.5 Å². The minimum atomic E-state index is -0.240.